The van der Waals surface area contributed by atoms with Crippen molar-refractivity contribution in [2.24, 2.45) is 5.92 Å². The molecule has 90 valence electrons. The van der Waals surface area contributed by atoms with Gasteiger partial charge in [0.15, 0.2) is 0 Å². The molecule has 1 aliphatic rings. The Morgan fingerprint density at radius 1 is 1.29 bits per heavy atom. The van der Waals surface area contributed by atoms with E-state index in [1.165, 1.54) is 5.56 Å². The van der Waals surface area contributed by atoms with E-state index in [9.17, 15) is 4.79 Å². The fourth-order valence-electron chi connectivity index (χ4n) is 1.92. The lowest BCUT2D eigenvalue weighted by Crippen LogP contribution is -2.25. The first kappa shape index (κ1) is 11.9. The molecule has 0 radical (unpaired) electrons. The van der Waals surface area contributed by atoms with Gasteiger partial charge < -0.3 is 0 Å². The number of rotatable bonds is 3. The molecule has 2 N–H and O–H groups in total. The van der Waals surface area contributed by atoms with E-state index < -0.39 is 0 Å². The van der Waals surface area contributed by atoms with Crippen LogP contribution in [0.3, 0.4) is 0 Å². The lowest BCUT2D eigenvalue weighted by Gasteiger charge is -2.05. The molecule has 0 aliphatic carbocycles. The minimum absolute atomic E-state index is 0.0312. The Bertz CT molecular complexity index is 432. The summed E-state index contributed by atoms with van der Waals surface area (Å²) in [5.41, 5.74) is 8.58. The van der Waals surface area contributed by atoms with Gasteiger partial charge in [0.25, 0.3) is 5.91 Å². The van der Waals surface area contributed by atoms with Crippen molar-refractivity contribution in [3.05, 3.63) is 41.0 Å². The first-order chi connectivity index (χ1) is 8.15. The van der Waals surface area contributed by atoms with Gasteiger partial charge in [0.1, 0.15) is 0 Å². The van der Waals surface area contributed by atoms with Crippen LogP contribution in [0.4, 0.5) is 0 Å². The van der Waals surface area contributed by atoms with Crippen molar-refractivity contribution in [3.8, 4) is 0 Å². The highest BCUT2D eigenvalue weighted by molar-refractivity contribution is 5.99. The molecule has 0 unspecified atom stereocenters. The summed E-state index contributed by atoms with van der Waals surface area (Å²) in [5.74, 6) is 0.639. The summed E-state index contributed by atoms with van der Waals surface area (Å²) >= 11 is 0. The van der Waals surface area contributed by atoms with Crippen molar-refractivity contribution in [2.75, 3.05) is 6.54 Å². The van der Waals surface area contributed by atoms with Crippen molar-refractivity contribution in [2.45, 2.75) is 20.3 Å². The van der Waals surface area contributed by atoms with Gasteiger partial charge in [-0.2, -0.15) is 0 Å². The zero-order valence-electron chi connectivity index (χ0n) is 10.3. The molecule has 0 atom stereocenters. The molecule has 3 heteroatoms. The molecule has 17 heavy (non-hydrogen) atoms. The Labute approximate surface area is 102 Å². The van der Waals surface area contributed by atoms with Crippen LogP contribution in [-0.4, -0.2) is 12.5 Å². The summed E-state index contributed by atoms with van der Waals surface area (Å²) in [6.45, 7) is 5.02. The molecular formula is C14H18N2O. The van der Waals surface area contributed by atoms with Gasteiger partial charge in [-0.25, -0.2) is 5.43 Å². The Hall–Kier alpha value is -1.61. The molecule has 1 saturated heterocycles. The first-order valence-electron chi connectivity index (χ1n) is 5.98. The van der Waals surface area contributed by atoms with E-state index in [-0.39, 0.29) is 5.91 Å². The highest BCUT2D eigenvalue weighted by atomic mass is 16.2. The topological polar surface area (TPSA) is 41.1 Å². The molecule has 1 aliphatic heterocycles. The second-order valence-electron chi connectivity index (χ2n) is 4.82. The van der Waals surface area contributed by atoms with Crippen LogP contribution in [-0.2, 0) is 11.2 Å². The molecule has 0 spiro atoms. The normalized spacial score (nSPS) is 17.8. The minimum atomic E-state index is -0.0312. The number of carbonyl (C=O) groups is 1. The summed E-state index contributed by atoms with van der Waals surface area (Å²) in [7, 11) is 0. The fraction of sp³-hybridized carbons (Fsp3) is 0.357. The highest BCUT2D eigenvalue weighted by Gasteiger charge is 2.14. The van der Waals surface area contributed by atoms with Crippen LogP contribution in [0.1, 0.15) is 25.0 Å². The number of nitrogens with one attached hydrogen (secondary N) is 2. The van der Waals surface area contributed by atoms with E-state index >= 15 is 0 Å². The zero-order valence-corrected chi connectivity index (χ0v) is 10.3. The van der Waals surface area contributed by atoms with Crippen molar-refractivity contribution >= 4 is 12.0 Å². The molecule has 3 nitrogen and oxygen atoms in total. The van der Waals surface area contributed by atoms with E-state index in [1.54, 1.807) is 0 Å². The Morgan fingerprint density at radius 3 is 2.53 bits per heavy atom. The smallest absolute Gasteiger partial charge is 0.262 e. The van der Waals surface area contributed by atoms with Crippen LogP contribution >= 0.6 is 0 Å². The maximum Gasteiger partial charge on any atom is 0.262 e. The van der Waals surface area contributed by atoms with Crippen LogP contribution in [0.25, 0.3) is 6.08 Å². The van der Waals surface area contributed by atoms with Gasteiger partial charge >= 0.3 is 0 Å². The van der Waals surface area contributed by atoms with E-state index in [0.29, 0.717) is 12.5 Å². The van der Waals surface area contributed by atoms with Gasteiger partial charge in [-0.15, -0.1) is 0 Å². The van der Waals surface area contributed by atoms with Crippen molar-refractivity contribution in [1.82, 2.24) is 10.9 Å². The van der Waals surface area contributed by atoms with Crippen LogP contribution in [0.5, 0.6) is 0 Å². The highest BCUT2D eigenvalue weighted by Crippen LogP contribution is 2.13. The van der Waals surface area contributed by atoms with Crippen LogP contribution < -0.4 is 10.9 Å². The molecule has 2 rings (SSSR count). The molecule has 0 bridgehead atoms. The molecule has 1 aromatic rings. The standard InChI is InChI=1S/C14H18N2O/c1-10(2)7-11-3-5-12(6-4-11)8-13-9-15-16-14(13)17/h3-6,8,10,15H,7,9H2,1-2H3,(H,16,17)/b13-8+. The average Bonchev–Trinajstić information content (AvgIpc) is 2.67. The molecule has 1 fully saturated rings. The second-order valence-corrected chi connectivity index (χ2v) is 4.82. The quantitative estimate of drug-likeness (QED) is 0.779. The number of amides is 1. The summed E-state index contributed by atoms with van der Waals surface area (Å²) < 4.78 is 0. The molecule has 1 amide bonds. The van der Waals surface area contributed by atoms with Gasteiger partial charge in [0, 0.05) is 12.1 Å². The predicted molar refractivity (Wildman–Crippen MR) is 69.1 cm³/mol. The van der Waals surface area contributed by atoms with Gasteiger partial charge in [-0.1, -0.05) is 38.1 Å². The first-order valence-corrected chi connectivity index (χ1v) is 5.98. The van der Waals surface area contributed by atoms with Crippen molar-refractivity contribution in [1.29, 1.82) is 0 Å². The number of carbonyl (C=O) groups excluding carboxylic acids is 1. The number of hydrazine groups is 1. The summed E-state index contributed by atoms with van der Waals surface area (Å²) in [4.78, 5) is 11.3. The predicted octanol–water partition coefficient (Wildman–Crippen LogP) is 1.90. The third-order valence-corrected chi connectivity index (χ3v) is 2.74. The largest absolute Gasteiger partial charge is 0.287 e. The zero-order chi connectivity index (χ0) is 12.3. The molecule has 1 aromatic carbocycles. The molecule has 0 saturated carbocycles. The lowest BCUT2D eigenvalue weighted by molar-refractivity contribution is -0.116. The fourth-order valence-corrected chi connectivity index (χ4v) is 1.92. The lowest BCUT2D eigenvalue weighted by atomic mass is 10.0. The van der Waals surface area contributed by atoms with E-state index in [0.717, 1.165) is 17.6 Å². The van der Waals surface area contributed by atoms with Crippen molar-refractivity contribution in [3.63, 3.8) is 0 Å². The SMILES string of the molecule is CC(C)Cc1ccc(/C=C2\CNNC2=O)cc1. The second kappa shape index (κ2) is 5.15. The maximum absolute atomic E-state index is 11.3. The monoisotopic (exact) mass is 230 g/mol. The van der Waals surface area contributed by atoms with Gasteiger partial charge in [0.05, 0.1) is 0 Å². The van der Waals surface area contributed by atoms with E-state index in [4.69, 9.17) is 0 Å². The average molecular weight is 230 g/mol. The third kappa shape index (κ3) is 3.17. The minimum Gasteiger partial charge on any atom is -0.287 e. The molecular weight excluding hydrogens is 212 g/mol. The maximum atomic E-state index is 11.3. The third-order valence-electron chi connectivity index (χ3n) is 2.74. The van der Waals surface area contributed by atoms with Crippen LogP contribution in [0.15, 0.2) is 29.8 Å². The number of hydrogen-bond acceptors (Lipinski definition) is 2. The van der Waals surface area contributed by atoms with Gasteiger partial charge in [-0.3, -0.25) is 10.2 Å². The van der Waals surface area contributed by atoms with Crippen LogP contribution in [0, 0.1) is 5.92 Å². The summed E-state index contributed by atoms with van der Waals surface area (Å²) in [6, 6.07) is 8.39. The van der Waals surface area contributed by atoms with E-state index in [2.05, 4.69) is 49.0 Å². The Kier molecular flexibility index (Phi) is 3.59. The van der Waals surface area contributed by atoms with Crippen molar-refractivity contribution < 1.29 is 4.79 Å². The summed E-state index contributed by atoms with van der Waals surface area (Å²) in [5, 5.41) is 0. The van der Waals surface area contributed by atoms with Gasteiger partial charge in [0.2, 0.25) is 0 Å². The Morgan fingerprint density at radius 2 is 2.00 bits per heavy atom. The van der Waals surface area contributed by atoms with Gasteiger partial charge in [-0.05, 0) is 29.5 Å². The van der Waals surface area contributed by atoms with E-state index in [1.807, 2.05) is 6.08 Å². The number of hydrogen-bond donors (Lipinski definition) is 2. The molecule has 1 heterocycles. The summed E-state index contributed by atoms with van der Waals surface area (Å²) in [6.07, 6.45) is 3.02. The molecule has 0 aromatic heterocycles. The Balaban J connectivity index is 2.10. The van der Waals surface area contributed by atoms with Crippen LogP contribution in [0.2, 0.25) is 0 Å². The number of benzene rings is 1.